The van der Waals surface area contributed by atoms with E-state index in [1.54, 1.807) is 18.3 Å². The highest BCUT2D eigenvalue weighted by Crippen LogP contribution is 2.45. The zero-order valence-corrected chi connectivity index (χ0v) is 23.6. The highest BCUT2D eigenvalue weighted by Gasteiger charge is 2.45. The Kier molecular flexibility index (Phi) is 6.22. The molecule has 0 amide bonds. The lowest BCUT2D eigenvalue weighted by Crippen LogP contribution is -2.43. The van der Waals surface area contributed by atoms with E-state index in [0.717, 1.165) is 47.3 Å². The van der Waals surface area contributed by atoms with Gasteiger partial charge in [-0.05, 0) is 60.7 Å². The van der Waals surface area contributed by atoms with Crippen molar-refractivity contribution in [2.75, 3.05) is 5.32 Å². The lowest BCUT2D eigenvalue weighted by molar-refractivity contribution is -0.0437. The summed E-state index contributed by atoms with van der Waals surface area (Å²) < 4.78 is 65.7. The van der Waals surface area contributed by atoms with Crippen molar-refractivity contribution >= 4 is 21.3 Å². The number of hydrogen-bond acceptors (Lipinski definition) is 6. The van der Waals surface area contributed by atoms with Crippen LogP contribution in [0.15, 0.2) is 91.1 Å². The van der Waals surface area contributed by atoms with Gasteiger partial charge in [-0.3, -0.25) is 4.57 Å². The van der Waals surface area contributed by atoms with Crippen LogP contribution in [0.2, 0.25) is 0 Å². The number of alkyl halides is 3. The standard InChI is InChI=1S/C32H26F3N5O2S/c33-32(34,35)43(41,42)19-20-6-3-7-22(18-20)27-28(21-11-13-23(14-12-21)31(36)15-5-16-31)40-26-10-4-17-37-29(26)38-25-9-2-1-8-24(25)30(40)39-27/h1-4,6-14,17-18H,5,15-16,19,36H2,(H,37,38). The van der Waals surface area contributed by atoms with E-state index in [0.29, 0.717) is 28.6 Å². The summed E-state index contributed by atoms with van der Waals surface area (Å²) in [5.41, 5.74) is 6.74. The third-order valence-electron chi connectivity index (χ3n) is 8.21. The van der Waals surface area contributed by atoms with E-state index in [-0.39, 0.29) is 11.1 Å². The van der Waals surface area contributed by atoms with Gasteiger partial charge in [-0.1, -0.05) is 54.6 Å². The number of anilines is 2. The molecule has 0 saturated heterocycles. The first-order valence-electron chi connectivity index (χ1n) is 13.8. The van der Waals surface area contributed by atoms with E-state index >= 15 is 0 Å². The Labute approximate surface area is 246 Å². The van der Waals surface area contributed by atoms with Crippen molar-refractivity contribution in [3.05, 3.63) is 102 Å². The fourth-order valence-corrected chi connectivity index (χ4v) is 6.59. The summed E-state index contributed by atoms with van der Waals surface area (Å²) in [4.78, 5) is 9.67. The van der Waals surface area contributed by atoms with Gasteiger partial charge in [0.05, 0.1) is 28.5 Å². The molecule has 0 spiro atoms. The van der Waals surface area contributed by atoms with Crippen molar-refractivity contribution < 1.29 is 21.6 Å². The van der Waals surface area contributed by atoms with Gasteiger partial charge in [0.1, 0.15) is 5.82 Å². The summed E-state index contributed by atoms with van der Waals surface area (Å²) in [5, 5.41) is 3.41. The number of fused-ring (bicyclic) bond motifs is 5. The molecule has 1 aliphatic carbocycles. The van der Waals surface area contributed by atoms with Gasteiger partial charge >= 0.3 is 5.51 Å². The van der Waals surface area contributed by atoms with E-state index in [4.69, 9.17) is 10.7 Å². The van der Waals surface area contributed by atoms with Crippen LogP contribution < -0.4 is 11.1 Å². The molecular formula is C32H26F3N5O2S. The van der Waals surface area contributed by atoms with E-state index in [1.165, 1.54) is 12.1 Å². The Hall–Kier alpha value is -4.48. The van der Waals surface area contributed by atoms with E-state index in [9.17, 15) is 21.6 Å². The van der Waals surface area contributed by atoms with Gasteiger partial charge in [0.25, 0.3) is 9.84 Å². The largest absolute Gasteiger partial charge is 0.497 e. The van der Waals surface area contributed by atoms with E-state index in [1.807, 2.05) is 65.2 Å². The molecular weight excluding hydrogens is 575 g/mol. The number of para-hydroxylation sites is 1. The molecule has 1 fully saturated rings. The van der Waals surface area contributed by atoms with Gasteiger partial charge in [0.15, 0.2) is 5.82 Å². The maximum atomic E-state index is 13.2. The number of nitrogens with one attached hydrogen (secondary N) is 1. The summed E-state index contributed by atoms with van der Waals surface area (Å²) in [7, 11) is -5.37. The average molecular weight is 602 g/mol. The van der Waals surface area contributed by atoms with Crippen molar-refractivity contribution in [1.82, 2.24) is 14.5 Å². The van der Waals surface area contributed by atoms with Crippen molar-refractivity contribution in [2.24, 2.45) is 5.73 Å². The fourth-order valence-electron chi connectivity index (χ4n) is 5.81. The number of halogens is 3. The minimum absolute atomic E-state index is 0.0125. The third kappa shape index (κ3) is 4.59. The topological polar surface area (TPSA) is 103 Å². The number of pyridine rings is 1. The lowest BCUT2D eigenvalue weighted by atomic mass is 9.72. The number of hydrogen-bond donors (Lipinski definition) is 2. The second kappa shape index (κ2) is 9.78. The van der Waals surface area contributed by atoms with Gasteiger partial charge < -0.3 is 11.1 Å². The Morgan fingerprint density at radius 1 is 0.930 bits per heavy atom. The monoisotopic (exact) mass is 601 g/mol. The van der Waals surface area contributed by atoms with Gasteiger partial charge in [-0.25, -0.2) is 18.4 Å². The van der Waals surface area contributed by atoms with Crippen LogP contribution in [0.3, 0.4) is 0 Å². The minimum Gasteiger partial charge on any atom is -0.338 e. The second-order valence-electron chi connectivity index (χ2n) is 11.0. The highest BCUT2D eigenvalue weighted by atomic mass is 32.2. The summed E-state index contributed by atoms with van der Waals surface area (Å²) in [6.07, 6.45) is 4.59. The predicted octanol–water partition coefficient (Wildman–Crippen LogP) is 7.10. The molecule has 5 aromatic rings. The Morgan fingerprint density at radius 2 is 1.70 bits per heavy atom. The Balaban J connectivity index is 1.47. The molecule has 0 radical (unpaired) electrons. The summed E-state index contributed by atoms with van der Waals surface area (Å²) in [6.45, 7) is 0. The molecule has 1 saturated carbocycles. The SMILES string of the molecule is NC1(c2ccc(-c3c(-c4cccc(CS(=O)(=O)C(F)(F)F)c4)nc4n3-c3cccnc3Nc3ccccc3-4)cc2)CCC1. The van der Waals surface area contributed by atoms with E-state index < -0.39 is 21.1 Å². The zero-order chi connectivity index (χ0) is 30.0. The van der Waals surface area contributed by atoms with E-state index in [2.05, 4.69) is 10.3 Å². The molecule has 3 heterocycles. The van der Waals surface area contributed by atoms with Crippen LogP contribution in [0.25, 0.3) is 39.6 Å². The molecule has 2 aliphatic rings. The zero-order valence-electron chi connectivity index (χ0n) is 22.8. The first-order chi connectivity index (χ1) is 20.5. The molecule has 1 aliphatic heterocycles. The second-order valence-corrected chi connectivity index (χ2v) is 13.0. The summed E-state index contributed by atoms with van der Waals surface area (Å²) in [6, 6.07) is 25.5. The fraction of sp³-hybridized carbons (Fsp3) is 0.188. The molecule has 2 aromatic heterocycles. The Morgan fingerprint density at radius 3 is 2.42 bits per heavy atom. The molecule has 43 heavy (non-hydrogen) atoms. The molecule has 7 rings (SSSR count). The molecule has 218 valence electrons. The van der Waals surface area contributed by atoms with Crippen molar-refractivity contribution in [1.29, 1.82) is 0 Å². The molecule has 11 heteroatoms. The van der Waals surface area contributed by atoms with Crippen LogP contribution in [0.4, 0.5) is 24.7 Å². The van der Waals surface area contributed by atoms with Gasteiger partial charge in [-0.2, -0.15) is 13.2 Å². The van der Waals surface area contributed by atoms with Crippen LogP contribution in [-0.2, 0) is 21.1 Å². The van der Waals surface area contributed by atoms with Crippen LogP contribution in [0.1, 0.15) is 30.4 Å². The summed E-state index contributed by atoms with van der Waals surface area (Å²) in [5.74, 6) is 0.0440. The maximum absolute atomic E-state index is 13.2. The molecule has 0 unspecified atom stereocenters. The minimum atomic E-state index is -5.37. The van der Waals surface area contributed by atoms with Crippen LogP contribution in [-0.4, -0.2) is 28.5 Å². The first kappa shape index (κ1) is 27.4. The van der Waals surface area contributed by atoms with Crippen LogP contribution in [0.5, 0.6) is 0 Å². The smallest absolute Gasteiger partial charge is 0.338 e. The first-order valence-corrected chi connectivity index (χ1v) is 15.4. The average Bonchev–Trinajstić information content (AvgIpc) is 3.30. The van der Waals surface area contributed by atoms with Crippen molar-refractivity contribution in [3.8, 4) is 39.6 Å². The number of imidazole rings is 1. The molecule has 0 bridgehead atoms. The molecule has 3 N–H and O–H groups in total. The highest BCUT2D eigenvalue weighted by molar-refractivity contribution is 7.91. The third-order valence-corrected chi connectivity index (χ3v) is 9.63. The van der Waals surface area contributed by atoms with Gasteiger partial charge in [-0.15, -0.1) is 0 Å². The maximum Gasteiger partial charge on any atom is 0.497 e. The lowest BCUT2D eigenvalue weighted by Gasteiger charge is -2.38. The predicted molar refractivity (Wildman–Crippen MR) is 159 cm³/mol. The number of benzene rings is 3. The summed E-state index contributed by atoms with van der Waals surface area (Å²) >= 11 is 0. The van der Waals surface area contributed by atoms with Crippen LogP contribution in [0, 0.1) is 0 Å². The quantitative estimate of drug-likeness (QED) is 0.219. The molecule has 0 atom stereocenters. The number of rotatable bonds is 5. The van der Waals surface area contributed by atoms with Gasteiger partial charge in [0, 0.05) is 28.4 Å². The van der Waals surface area contributed by atoms with Crippen molar-refractivity contribution in [2.45, 2.75) is 36.1 Å². The molecule has 7 nitrogen and oxygen atoms in total. The van der Waals surface area contributed by atoms with Crippen molar-refractivity contribution in [3.63, 3.8) is 0 Å². The van der Waals surface area contributed by atoms with Gasteiger partial charge in [0.2, 0.25) is 0 Å². The number of nitrogens with zero attached hydrogens (tertiary/aromatic N) is 3. The Bertz CT molecular complexity index is 1980. The number of sulfone groups is 1. The van der Waals surface area contributed by atoms with Crippen LogP contribution >= 0.6 is 0 Å². The number of aromatic nitrogens is 3. The normalized spacial score (nSPS) is 15.3. The molecule has 3 aromatic carbocycles. The number of nitrogens with two attached hydrogens (primary N) is 1.